The highest BCUT2D eigenvalue weighted by atomic mass is 19.1. The minimum absolute atomic E-state index is 0.320. The summed E-state index contributed by atoms with van der Waals surface area (Å²) in [5, 5.41) is 0. The van der Waals surface area contributed by atoms with Crippen LogP contribution in [0.5, 0.6) is 11.5 Å². The molecule has 31 heavy (non-hydrogen) atoms. The summed E-state index contributed by atoms with van der Waals surface area (Å²) < 4.78 is 38.6. The van der Waals surface area contributed by atoms with Crippen molar-refractivity contribution in [3.05, 3.63) is 36.7 Å². The average Bonchev–Trinajstić information content (AvgIpc) is 2.79. The van der Waals surface area contributed by atoms with Crippen LogP contribution in [-0.2, 0) is 0 Å². The van der Waals surface area contributed by atoms with Crippen LogP contribution in [0.2, 0.25) is 0 Å². The standard InChI is InChI=1S/C25H36F2N2O2/c1-3-5-7-9-22(27)15-17-31-24-18-28-25(29-19-24)20-10-12-23(13-11-20)30-16-14-21(26)8-6-4-2/h10-13,18-19,21-22H,3-9,14-17H2,1-2H3/t21-,22+/m0/s1. The van der Waals surface area contributed by atoms with E-state index in [1.165, 1.54) is 0 Å². The highest BCUT2D eigenvalue weighted by Crippen LogP contribution is 2.21. The van der Waals surface area contributed by atoms with Crippen LogP contribution >= 0.6 is 0 Å². The molecular weight excluding hydrogens is 398 g/mol. The van der Waals surface area contributed by atoms with E-state index >= 15 is 0 Å². The fourth-order valence-electron chi connectivity index (χ4n) is 3.18. The van der Waals surface area contributed by atoms with Gasteiger partial charge >= 0.3 is 0 Å². The first-order valence-corrected chi connectivity index (χ1v) is 11.6. The largest absolute Gasteiger partial charge is 0.493 e. The first kappa shape index (κ1) is 25.0. The highest BCUT2D eigenvalue weighted by Gasteiger charge is 2.08. The SMILES string of the molecule is CCCCC[C@@H](F)CCOc1cnc(-c2ccc(OCC[C@@H](F)CCCC)cc2)nc1. The monoisotopic (exact) mass is 434 g/mol. The molecule has 0 unspecified atom stereocenters. The first-order chi connectivity index (χ1) is 15.1. The molecule has 172 valence electrons. The Morgan fingerprint density at radius 2 is 1.26 bits per heavy atom. The lowest BCUT2D eigenvalue weighted by Crippen LogP contribution is -2.08. The van der Waals surface area contributed by atoms with Gasteiger partial charge < -0.3 is 9.47 Å². The summed E-state index contributed by atoms with van der Waals surface area (Å²) in [6.45, 7) is 4.86. The van der Waals surface area contributed by atoms with Crippen molar-refractivity contribution in [3.63, 3.8) is 0 Å². The Balaban J connectivity index is 1.73. The third-order valence-corrected chi connectivity index (χ3v) is 5.13. The molecule has 0 fully saturated rings. The molecule has 0 aliphatic rings. The summed E-state index contributed by atoms with van der Waals surface area (Å²) in [6.07, 6.45) is 8.60. The number of alkyl halides is 2. The molecule has 6 heteroatoms. The number of aromatic nitrogens is 2. The smallest absolute Gasteiger partial charge is 0.159 e. The molecule has 0 radical (unpaired) electrons. The second kappa shape index (κ2) is 14.7. The lowest BCUT2D eigenvalue weighted by Gasteiger charge is -2.10. The van der Waals surface area contributed by atoms with Crippen molar-refractivity contribution in [2.24, 2.45) is 0 Å². The van der Waals surface area contributed by atoms with E-state index < -0.39 is 12.3 Å². The molecule has 0 N–H and O–H groups in total. The maximum atomic E-state index is 13.8. The molecule has 0 bridgehead atoms. The van der Waals surface area contributed by atoms with Crippen LogP contribution in [0.4, 0.5) is 8.78 Å². The van der Waals surface area contributed by atoms with Crippen LogP contribution in [0, 0.1) is 0 Å². The fraction of sp³-hybridized carbons (Fsp3) is 0.600. The zero-order valence-electron chi connectivity index (χ0n) is 18.9. The average molecular weight is 435 g/mol. The molecule has 1 heterocycles. The van der Waals surface area contributed by atoms with Gasteiger partial charge in [-0.15, -0.1) is 0 Å². The molecule has 0 saturated heterocycles. The van der Waals surface area contributed by atoms with E-state index in [4.69, 9.17) is 9.47 Å². The second-order valence-electron chi connectivity index (χ2n) is 7.87. The van der Waals surface area contributed by atoms with Gasteiger partial charge in [0.15, 0.2) is 11.6 Å². The van der Waals surface area contributed by atoms with E-state index in [9.17, 15) is 8.78 Å². The molecule has 1 aromatic heterocycles. The zero-order valence-corrected chi connectivity index (χ0v) is 18.9. The number of unbranched alkanes of at least 4 members (excludes halogenated alkanes) is 3. The predicted octanol–water partition coefficient (Wildman–Crippen LogP) is 7.13. The van der Waals surface area contributed by atoms with Gasteiger partial charge in [-0.05, 0) is 37.1 Å². The molecule has 0 amide bonds. The van der Waals surface area contributed by atoms with Crippen LogP contribution in [0.1, 0.15) is 71.6 Å². The van der Waals surface area contributed by atoms with Crippen LogP contribution in [0.15, 0.2) is 36.7 Å². The van der Waals surface area contributed by atoms with E-state index in [2.05, 4.69) is 23.8 Å². The summed E-state index contributed by atoms with van der Waals surface area (Å²) in [5.74, 6) is 1.81. The Morgan fingerprint density at radius 1 is 0.710 bits per heavy atom. The zero-order chi connectivity index (χ0) is 22.3. The van der Waals surface area contributed by atoms with Gasteiger partial charge in [-0.1, -0.05) is 46.0 Å². The van der Waals surface area contributed by atoms with Crippen molar-refractivity contribution in [3.8, 4) is 22.9 Å². The first-order valence-electron chi connectivity index (χ1n) is 11.6. The molecule has 4 nitrogen and oxygen atoms in total. The van der Waals surface area contributed by atoms with Gasteiger partial charge in [0, 0.05) is 18.4 Å². The van der Waals surface area contributed by atoms with Crippen molar-refractivity contribution in [1.29, 1.82) is 0 Å². The highest BCUT2D eigenvalue weighted by molar-refractivity contribution is 5.56. The second-order valence-corrected chi connectivity index (χ2v) is 7.87. The molecule has 1 aromatic carbocycles. The Bertz CT molecular complexity index is 710. The van der Waals surface area contributed by atoms with Gasteiger partial charge in [-0.25, -0.2) is 18.7 Å². The third kappa shape index (κ3) is 10.1. The molecule has 2 atom stereocenters. The Kier molecular flexibility index (Phi) is 11.9. The molecule has 2 aromatic rings. The lowest BCUT2D eigenvalue weighted by atomic mass is 10.1. The number of nitrogens with zero attached hydrogens (tertiary/aromatic N) is 2. The van der Waals surface area contributed by atoms with Gasteiger partial charge in [0.2, 0.25) is 0 Å². The maximum Gasteiger partial charge on any atom is 0.159 e. The number of ether oxygens (including phenoxy) is 2. The van der Waals surface area contributed by atoms with Crippen molar-refractivity contribution in [1.82, 2.24) is 9.97 Å². The number of hydrogen-bond acceptors (Lipinski definition) is 4. The van der Waals surface area contributed by atoms with Crippen LogP contribution in [0.3, 0.4) is 0 Å². The molecule has 0 aliphatic carbocycles. The molecular formula is C25H36F2N2O2. The Labute approximate surface area is 185 Å². The third-order valence-electron chi connectivity index (χ3n) is 5.13. The summed E-state index contributed by atoms with van der Waals surface area (Å²) in [4.78, 5) is 8.66. The number of hydrogen-bond donors (Lipinski definition) is 0. The normalized spacial score (nSPS) is 13.0. The maximum absolute atomic E-state index is 13.8. The van der Waals surface area contributed by atoms with E-state index in [0.717, 1.165) is 37.7 Å². The number of halogens is 2. The predicted molar refractivity (Wildman–Crippen MR) is 121 cm³/mol. The molecule has 0 spiro atoms. The van der Waals surface area contributed by atoms with Crippen molar-refractivity contribution in [2.75, 3.05) is 13.2 Å². The minimum atomic E-state index is -0.820. The van der Waals surface area contributed by atoms with Crippen molar-refractivity contribution in [2.45, 2.75) is 84.0 Å². The minimum Gasteiger partial charge on any atom is -0.493 e. The summed E-state index contributed by atoms with van der Waals surface area (Å²) in [6, 6.07) is 7.42. The van der Waals surface area contributed by atoms with E-state index in [0.29, 0.717) is 56.2 Å². The molecule has 0 saturated carbocycles. The van der Waals surface area contributed by atoms with Crippen molar-refractivity contribution < 1.29 is 18.3 Å². The van der Waals surface area contributed by atoms with Crippen molar-refractivity contribution >= 4 is 0 Å². The van der Waals surface area contributed by atoms with Gasteiger partial charge in [-0.2, -0.15) is 0 Å². The van der Waals surface area contributed by atoms with E-state index in [1.54, 1.807) is 12.4 Å². The summed E-state index contributed by atoms with van der Waals surface area (Å²) in [7, 11) is 0. The quantitative estimate of drug-likeness (QED) is 0.264. The topological polar surface area (TPSA) is 44.2 Å². The molecule has 2 rings (SSSR count). The van der Waals surface area contributed by atoms with Crippen LogP contribution in [0.25, 0.3) is 11.4 Å². The summed E-state index contributed by atoms with van der Waals surface area (Å²) >= 11 is 0. The Morgan fingerprint density at radius 3 is 1.84 bits per heavy atom. The number of rotatable bonds is 16. The van der Waals surface area contributed by atoms with E-state index in [-0.39, 0.29) is 0 Å². The van der Waals surface area contributed by atoms with E-state index in [1.807, 2.05) is 24.3 Å². The molecule has 0 aliphatic heterocycles. The van der Waals surface area contributed by atoms with Gasteiger partial charge in [0.25, 0.3) is 0 Å². The van der Waals surface area contributed by atoms with Gasteiger partial charge in [0.05, 0.1) is 25.6 Å². The fourth-order valence-corrected chi connectivity index (χ4v) is 3.18. The van der Waals surface area contributed by atoms with Gasteiger partial charge in [-0.3, -0.25) is 0 Å². The summed E-state index contributed by atoms with van der Waals surface area (Å²) in [5.41, 5.74) is 0.852. The van der Waals surface area contributed by atoms with Crippen LogP contribution in [-0.4, -0.2) is 35.5 Å². The van der Waals surface area contributed by atoms with Gasteiger partial charge in [0.1, 0.15) is 18.1 Å². The van der Waals surface area contributed by atoms with Crippen LogP contribution < -0.4 is 9.47 Å². The number of benzene rings is 1. The Hall–Kier alpha value is -2.24. The lowest BCUT2D eigenvalue weighted by molar-refractivity contribution is 0.222.